The van der Waals surface area contributed by atoms with Crippen LogP contribution < -0.4 is 5.32 Å². The largest absolute Gasteiger partial charge is 0.326 e. The van der Waals surface area contributed by atoms with E-state index in [1.54, 1.807) is 0 Å². The van der Waals surface area contributed by atoms with Crippen molar-refractivity contribution < 1.29 is 4.79 Å². The van der Waals surface area contributed by atoms with Crippen molar-refractivity contribution in [1.29, 1.82) is 0 Å². The van der Waals surface area contributed by atoms with Crippen molar-refractivity contribution >= 4 is 23.2 Å². The summed E-state index contributed by atoms with van der Waals surface area (Å²) in [6, 6.07) is 7.74. The molecular weight excluding hydrogens is 282 g/mol. The van der Waals surface area contributed by atoms with Crippen LogP contribution in [-0.2, 0) is 4.79 Å². The first-order chi connectivity index (χ1) is 10.1. The Morgan fingerprint density at radius 3 is 2.38 bits per heavy atom. The van der Waals surface area contributed by atoms with Gasteiger partial charge in [-0.05, 0) is 25.0 Å². The number of rotatable bonds is 10. The van der Waals surface area contributed by atoms with Crippen molar-refractivity contribution in [3.63, 3.8) is 0 Å². The Kier molecular flexibility index (Phi) is 9.16. The summed E-state index contributed by atoms with van der Waals surface area (Å²) in [5.41, 5.74) is 1.82. The lowest BCUT2D eigenvalue weighted by Crippen LogP contribution is -2.12. The van der Waals surface area contributed by atoms with Crippen LogP contribution in [0.25, 0.3) is 0 Å². The van der Waals surface area contributed by atoms with Gasteiger partial charge in [0.25, 0.3) is 0 Å². The summed E-state index contributed by atoms with van der Waals surface area (Å²) in [5.74, 6) is 0.0910. The minimum Gasteiger partial charge on any atom is -0.326 e. The van der Waals surface area contributed by atoms with E-state index in [2.05, 4.69) is 12.2 Å². The van der Waals surface area contributed by atoms with E-state index < -0.39 is 0 Å². The normalized spacial score (nSPS) is 12.1. The molecule has 1 rings (SSSR count). The lowest BCUT2D eigenvalue weighted by molar-refractivity contribution is -0.116. The first-order valence-electron chi connectivity index (χ1n) is 8.18. The molecule has 1 aromatic carbocycles. The zero-order chi connectivity index (χ0) is 15.5. The smallest absolute Gasteiger partial charge is 0.224 e. The Morgan fingerprint density at radius 1 is 1.10 bits per heavy atom. The summed E-state index contributed by atoms with van der Waals surface area (Å²) in [7, 11) is 0. The molecule has 0 bridgehead atoms. The summed E-state index contributed by atoms with van der Waals surface area (Å²) >= 11 is 6.13. The molecule has 0 fully saturated rings. The monoisotopic (exact) mass is 309 g/mol. The zero-order valence-corrected chi connectivity index (χ0v) is 14.1. The molecule has 0 radical (unpaired) electrons. The Balaban J connectivity index is 2.25. The summed E-state index contributed by atoms with van der Waals surface area (Å²) < 4.78 is 0. The highest BCUT2D eigenvalue weighted by Crippen LogP contribution is 2.27. The van der Waals surface area contributed by atoms with Gasteiger partial charge >= 0.3 is 0 Å². The molecule has 2 nitrogen and oxygen atoms in total. The van der Waals surface area contributed by atoms with Gasteiger partial charge in [0, 0.05) is 12.1 Å². The van der Waals surface area contributed by atoms with Gasteiger partial charge in [-0.15, -0.1) is 11.6 Å². The Hall–Kier alpha value is -1.02. The van der Waals surface area contributed by atoms with Crippen LogP contribution in [0.15, 0.2) is 24.3 Å². The molecular formula is C18H28ClNO. The summed E-state index contributed by atoms with van der Waals surface area (Å²) in [6.07, 6.45) is 9.17. The van der Waals surface area contributed by atoms with Gasteiger partial charge in [0.15, 0.2) is 0 Å². The SMILES string of the molecule is CCCCCCCCCC(=O)Nc1ccccc1C(C)Cl. The Morgan fingerprint density at radius 2 is 1.71 bits per heavy atom. The molecule has 1 aromatic rings. The number of halogens is 1. The van der Waals surface area contributed by atoms with Crippen LogP contribution in [0, 0.1) is 0 Å². The molecule has 0 heterocycles. The predicted molar refractivity (Wildman–Crippen MR) is 91.9 cm³/mol. The molecule has 1 amide bonds. The van der Waals surface area contributed by atoms with Crippen molar-refractivity contribution in [2.24, 2.45) is 0 Å². The number of nitrogens with one attached hydrogen (secondary N) is 1. The van der Waals surface area contributed by atoms with Gasteiger partial charge < -0.3 is 5.32 Å². The maximum Gasteiger partial charge on any atom is 0.224 e. The second-order valence-electron chi connectivity index (χ2n) is 5.62. The summed E-state index contributed by atoms with van der Waals surface area (Å²) in [5, 5.41) is 2.88. The van der Waals surface area contributed by atoms with Crippen molar-refractivity contribution in [2.75, 3.05) is 5.32 Å². The molecule has 0 saturated heterocycles. The molecule has 21 heavy (non-hydrogen) atoms. The minimum absolute atomic E-state index is 0.0910. The fraction of sp³-hybridized carbons (Fsp3) is 0.611. The highest BCUT2D eigenvalue weighted by molar-refractivity contribution is 6.21. The lowest BCUT2D eigenvalue weighted by Gasteiger charge is -2.12. The van der Waals surface area contributed by atoms with E-state index in [-0.39, 0.29) is 11.3 Å². The van der Waals surface area contributed by atoms with Crippen LogP contribution in [0.5, 0.6) is 0 Å². The number of amides is 1. The van der Waals surface area contributed by atoms with Crippen molar-refractivity contribution in [2.45, 2.75) is 70.6 Å². The third-order valence-corrected chi connectivity index (χ3v) is 3.91. The quantitative estimate of drug-likeness (QED) is 0.412. The van der Waals surface area contributed by atoms with Gasteiger partial charge in [-0.3, -0.25) is 4.79 Å². The van der Waals surface area contributed by atoms with Gasteiger partial charge in [-0.25, -0.2) is 0 Å². The van der Waals surface area contributed by atoms with Gasteiger partial charge in [0.2, 0.25) is 5.91 Å². The zero-order valence-electron chi connectivity index (χ0n) is 13.3. The maximum absolute atomic E-state index is 12.0. The highest BCUT2D eigenvalue weighted by Gasteiger charge is 2.09. The fourth-order valence-corrected chi connectivity index (χ4v) is 2.60. The van der Waals surface area contributed by atoms with E-state index in [1.807, 2.05) is 31.2 Å². The molecule has 3 heteroatoms. The average molecular weight is 310 g/mol. The molecule has 118 valence electrons. The van der Waals surface area contributed by atoms with Crippen LogP contribution >= 0.6 is 11.6 Å². The first kappa shape index (κ1) is 18.0. The topological polar surface area (TPSA) is 29.1 Å². The third kappa shape index (κ3) is 7.52. The van der Waals surface area contributed by atoms with Crippen LogP contribution in [0.4, 0.5) is 5.69 Å². The number of carbonyl (C=O) groups is 1. The van der Waals surface area contributed by atoms with Crippen LogP contribution in [0.1, 0.15) is 76.2 Å². The Bertz CT molecular complexity index is 417. The van der Waals surface area contributed by atoms with E-state index >= 15 is 0 Å². The molecule has 0 saturated carbocycles. The number of anilines is 1. The van der Waals surface area contributed by atoms with Gasteiger partial charge in [-0.1, -0.05) is 63.6 Å². The highest BCUT2D eigenvalue weighted by atomic mass is 35.5. The number of hydrogen-bond donors (Lipinski definition) is 1. The van der Waals surface area contributed by atoms with Crippen LogP contribution in [0.2, 0.25) is 0 Å². The van der Waals surface area contributed by atoms with Crippen LogP contribution in [-0.4, -0.2) is 5.91 Å². The van der Waals surface area contributed by atoms with E-state index in [9.17, 15) is 4.79 Å². The number of carbonyl (C=O) groups excluding carboxylic acids is 1. The maximum atomic E-state index is 12.0. The molecule has 1 atom stereocenters. The molecule has 0 aliphatic heterocycles. The fourth-order valence-electron chi connectivity index (χ4n) is 2.41. The summed E-state index contributed by atoms with van der Waals surface area (Å²) in [4.78, 5) is 12.0. The van der Waals surface area contributed by atoms with E-state index in [0.717, 1.165) is 24.1 Å². The molecule has 0 aromatic heterocycles. The Labute approximate surface area is 134 Å². The van der Waals surface area contributed by atoms with Gasteiger partial charge in [-0.2, -0.15) is 0 Å². The predicted octanol–water partition coefficient (Wildman–Crippen LogP) is 6.07. The van der Waals surface area contributed by atoms with E-state index in [4.69, 9.17) is 11.6 Å². The molecule has 1 N–H and O–H groups in total. The number of benzene rings is 1. The van der Waals surface area contributed by atoms with Gasteiger partial charge in [0.05, 0.1) is 5.38 Å². The molecule has 0 spiro atoms. The standard InChI is InChI=1S/C18H28ClNO/c1-3-4-5-6-7-8-9-14-18(21)20-17-13-11-10-12-16(17)15(2)19/h10-13,15H,3-9,14H2,1-2H3,(H,20,21). The van der Waals surface area contributed by atoms with Crippen molar-refractivity contribution in [3.05, 3.63) is 29.8 Å². The third-order valence-electron chi connectivity index (χ3n) is 3.67. The van der Waals surface area contributed by atoms with E-state index in [0.29, 0.717) is 6.42 Å². The van der Waals surface area contributed by atoms with E-state index in [1.165, 1.54) is 32.1 Å². The number of unbranched alkanes of at least 4 members (excludes halogenated alkanes) is 6. The summed E-state index contributed by atoms with van der Waals surface area (Å²) in [6.45, 7) is 4.15. The molecule has 0 aliphatic rings. The van der Waals surface area contributed by atoms with Crippen LogP contribution in [0.3, 0.4) is 0 Å². The minimum atomic E-state index is -0.0972. The second kappa shape index (κ2) is 10.7. The number of alkyl halides is 1. The molecule has 0 aliphatic carbocycles. The van der Waals surface area contributed by atoms with Gasteiger partial charge in [0.1, 0.15) is 0 Å². The molecule has 1 unspecified atom stereocenters. The van der Waals surface area contributed by atoms with Crippen molar-refractivity contribution in [3.8, 4) is 0 Å². The second-order valence-corrected chi connectivity index (χ2v) is 6.28. The average Bonchev–Trinajstić information content (AvgIpc) is 2.46. The van der Waals surface area contributed by atoms with Crippen molar-refractivity contribution in [1.82, 2.24) is 0 Å². The lowest BCUT2D eigenvalue weighted by atomic mass is 10.1. The number of hydrogen-bond acceptors (Lipinski definition) is 1. The first-order valence-corrected chi connectivity index (χ1v) is 8.61. The number of para-hydroxylation sites is 1.